The molecule has 1 atom stereocenters. The second-order valence-electron chi connectivity index (χ2n) is 4.05. The standard InChI is InChI=1S/C10H18N2S.BrH/c1-8-7-11-10(13-8)12-9-5-3-2-4-6-9;/h8-9H,2-7H2,1H3,(H,11,12);1H/p-1. The van der Waals surface area contributed by atoms with Gasteiger partial charge in [-0.2, -0.15) is 0 Å². The Hall–Kier alpha value is 0.300. The van der Waals surface area contributed by atoms with E-state index >= 15 is 0 Å². The van der Waals surface area contributed by atoms with E-state index in [4.69, 9.17) is 0 Å². The molecule has 1 unspecified atom stereocenters. The van der Waals surface area contributed by atoms with Gasteiger partial charge in [0.15, 0.2) is 5.17 Å². The maximum atomic E-state index is 4.48. The maximum Gasteiger partial charge on any atom is 0.157 e. The molecule has 0 aromatic rings. The third-order valence-electron chi connectivity index (χ3n) is 2.74. The van der Waals surface area contributed by atoms with Crippen molar-refractivity contribution < 1.29 is 17.0 Å². The Morgan fingerprint density at radius 1 is 1.29 bits per heavy atom. The molecule has 0 saturated heterocycles. The van der Waals surface area contributed by atoms with Crippen molar-refractivity contribution in [2.75, 3.05) is 6.54 Å². The van der Waals surface area contributed by atoms with Crippen LogP contribution in [0, 0.1) is 0 Å². The lowest BCUT2D eigenvalue weighted by atomic mass is 9.96. The summed E-state index contributed by atoms with van der Waals surface area (Å²) >= 11 is 1.90. The molecule has 0 aromatic heterocycles. The summed E-state index contributed by atoms with van der Waals surface area (Å²) < 4.78 is 0. The molecule has 0 radical (unpaired) electrons. The summed E-state index contributed by atoms with van der Waals surface area (Å²) in [6.45, 7) is 3.24. The zero-order valence-corrected chi connectivity index (χ0v) is 11.0. The van der Waals surface area contributed by atoms with E-state index in [1.807, 2.05) is 11.8 Å². The molecule has 1 aliphatic heterocycles. The Kier molecular flexibility index (Phi) is 5.31. The topological polar surface area (TPSA) is 24.4 Å². The number of aliphatic imine (C=N–C) groups is 1. The zero-order chi connectivity index (χ0) is 9.10. The van der Waals surface area contributed by atoms with Crippen LogP contribution in [-0.4, -0.2) is 23.0 Å². The second-order valence-corrected chi connectivity index (χ2v) is 5.48. The Morgan fingerprint density at radius 2 is 2.00 bits per heavy atom. The number of thioether (sulfide) groups is 1. The van der Waals surface area contributed by atoms with Crippen LogP contribution >= 0.6 is 11.8 Å². The molecule has 1 heterocycles. The molecule has 1 N–H and O–H groups in total. The van der Waals surface area contributed by atoms with Crippen LogP contribution in [0.25, 0.3) is 0 Å². The van der Waals surface area contributed by atoms with Crippen molar-refractivity contribution in [3.8, 4) is 0 Å². The van der Waals surface area contributed by atoms with Gasteiger partial charge in [0.2, 0.25) is 0 Å². The summed E-state index contributed by atoms with van der Waals surface area (Å²) in [7, 11) is 0. The number of nitrogens with zero attached hydrogens (tertiary/aromatic N) is 1. The van der Waals surface area contributed by atoms with Crippen LogP contribution in [0.1, 0.15) is 39.0 Å². The molecule has 4 heteroatoms. The van der Waals surface area contributed by atoms with Gasteiger partial charge in [-0.05, 0) is 12.8 Å². The van der Waals surface area contributed by atoms with E-state index in [0.717, 1.165) is 6.54 Å². The van der Waals surface area contributed by atoms with Crippen molar-refractivity contribution >= 4 is 16.9 Å². The highest BCUT2D eigenvalue weighted by atomic mass is 79.9. The quantitative estimate of drug-likeness (QED) is 0.693. The third kappa shape index (κ3) is 3.46. The molecule has 2 rings (SSSR count). The van der Waals surface area contributed by atoms with Gasteiger partial charge in [0.25, 0.3) is 0 Å². The number of hydrogen-bond donors (Lipinski definition) is 1. The highest BCUT2D eigenvalue weighted by molar-refractivity contribution is 8.14. The smallest absolute Gasteiger partial charge is 0.157 e. The van der Waals surface area contributed by atoms with Crippen LogP contribution in [0.3, 0.4) is 0 Å². The lowest BCUT2D eigenvalue weighted by molar-refractivity contribution is -0.00000285. The van der Waals surface area contributed by atoms with Crippen molar-refractivity contribution in [1.29, 1.82) is 0 Å². The average molecular weight is 278 g/mol. The van der Waals surface area contributed by atoms with Crippen molar-refractivity contribution in [3.63, 3.8) is 0 Å². The number of hydrogen-bond acceptors (Lipinski definition) is 3. The van der Waals surface area contributed by atoms with Crippen LogP contribution in [0.4, 0.5) is 0 Å². The first-order chi connectivity index (χ1) is 6.34. The lowest BCUT2D eigenvalue weighted by Crippen LogP contribution is -3.00. The number of rotatable bonds is 1. The van der Waals surface area contributed by atoms with Crippen molar-refractivity contribution in [3.05, 3.63) is 0 Å². The molecule has 1 saturated carbocycles. The van der Waals surface area contributed by atoms with E-state index in [1.165, 1.54) is 37.3 Å². The highest BCUT2D eigenvalue weighted by Crippen LogP contribution is 2.22. The van der Waals surface area contributed by atoms with Crippen molar-refractivity contribution in [2.45, 2.75) is 50.3 Å². The monoisotopic (exact) mass is 277 g/mol. The predicted octanol–water partition coefficient (Wildman–Crippen LogP) is -0.596. The summed E-state index contributed by atoms with van der Waals surface area (Å²) in [6, 6.07) is 0.713. The summed E-state index contributed by atoms with van der Waals surface area (Å²) in [4.78, 5) is 4.48. The van der Waals surface area contributed by atoms with Crippen molar-refractivity contribution in [2.24, 2.45) is 4.99 Å². The van der Waals surface area contributed by atoms with E-state index in [2.05, 4.69) is 17.2 Å². The first-order valence-corrected chi connectivity index (χ1v) is 6.20. The van der Waals surface area contributed by atoms with Gasteiger partial charge in [-0.1, -0.05) is 37.9 Å². The fourth-order valence-electron chi connectivity index (χ4n) is 1.98. The number of halogens is 1. The van der Waals surface area contributed by atoms with E-state index in [9.17, 15) is 0 Å². The molecular weight excluding hydrogens is 260 g/mol. The number of amidine groups is 1. The molecule has 82 valence electrons. The minimum absolute atomic E-state index is 0. The summed E-state index contributed by atoms with van der Waals surface area (Å²) in [5.74, 6) is 0. The number of nitrogens with one attached hydrogen (secondary N) is 1. The third-order valence-corrected chi connectivity index (χ3v) is 3.76. The van der Waals surface area contributed by atoms with Crippen LogP contribution in [0.15, 0.2) is 4.99 Å². The summed E-state index contributed by atoms with van der Waals surface area (Å²) in [6.07, 6.45) is 6.90. The first kappa shape index (κ1) is 12.4. The Bertz CT molecular complexity index is 202. The molecule has 14 heavy (non-hydrogen) atoms. The SMILES string of the molecule is CC1CN=C(NC2CCCCC2)S1.[Br-]. The highest BCUT2D eigenvalue weighted by Gasteiger charge is 2.19. The van der Waals surface area contributed by atoms with Crippen LogP contribution in [0.2, 0.25) is 0 Å². The van der Waals surface area contributed by atoms with Gasteiger partial charge >= 0.3 is 0 Å². The van der Waals surface area contributed by atoms with E-state index in [0.29, 0.717) is 11.3 Å². The van der Waals surface area contributed by atoms with Crippen LogP contribution in [0.5, 0.6) is 0 Å². The van der Waals surface area contributed by atoms with Crippen LogP contribution in [-0.2, 0) is 0 Å². The Balaban J connectivity index is 0.000000980. The molecule has 2 nitrogen and oxygen atoms in total. The van der Waals surface area contributed by atoms with Gasteiger partial charge in [-0.3, -0.25) is 4.99 Å². The molecule has 2 aliphatic rings. The molecule has 0 bridgehead atoms. The van der Waals surface area contributed by atoms with Crippen molar-refractivity contribution in [1.82, 2.24) is 5.32 Å². The largest absolute Gasteiger partial charge is 1.00 e. The molecule has 1 fully saturated rings. The van der Waals surface area contributed by atoms with Gasteiger partial charge in [-0.15, -0.1) is 0 Å². The first-order valence-electron chi connectivity index (χ1n) is 5.32. The fourth-order valence-corrected chi connectivity index (χ4v) is 2.89. The normalized spacial score (nSPS) is 28.1. The zero-order valence-electron chi connectivity index (χ0n) is 8.63. The van der Waals surface area contributed by atoms with Gasteiger partial charge < -0.3 is 22.3 Å². The fraction of sp³-hybridized carbons (Fsp3) is 0.900. The average Bonchev–Trinajstić information content (AvgIpc) is 2.53. The van der Waals surface area contributed by atoms with Gasteiger partial charge in [0, 0.05) is 11.3 Å². The van der Waals surface area contributed by atoms with Crippen LogP contribution < -0.4 is 22.3 Å². The van der Waals surface area contributed by atoms with Gasteiger partial charge in [0.1, 0.15) is 0 Å². The molecule has 0 amide bonds. The summed E-state index contributed by atoms with van der Waals surface area (Å²) in [5.41, 5.74) is 0. The lowest BCUT2D eigenvalue weighted by Gasteiger charge is -2.23. The van der Waals surface area contributed by atoms with E-state index < -0.39 is 0 Å². The molecule has 0 aromatic carbocycles. The molecule has 0 spiro atoms. The Morgan fingerprint density at radius 3 is 2.57 bits per heavy atom. The predicted molar refractivity (Wildman–Crippen MR) is 59.4 cm³/mol. The van der Waals surface area contributed by atoms with E-state index in [-0.39, 0.29) is 17.0 Å². The summed E-state index contributed by atoms with van der Waals surface area (Å²) in [5, 5.41) is 5.44. The van der Waals surface area contributed by atoms with Gasteiger partial charge in [0.05, 0.1) is 6.54 Å². The molecule has 1 aliphatic carbocycles. The minimum Gasteiger partial charge on any atom is -1.00 e. The molecular formula is C10H18BrN2S-. The Labute approximate surface area is 101 Å². The maximum absolute atomic E-state index is 4.48. The van der Waals surface area contributed by atoms with Gasteiger partial charge in [-0.25, -0.2) is 0 Å². The van der Waals surface area contributed by atoms with E-state index in [1.54, 1.807) is 0 Å². The minimum atomic E-state index is 0. The second kappa shape index (κ2) is 6.01.